The molecule has 0 aromatic heterocycles. The number of benzene rings is 1. The number of carbonyl (C=O) groups is 2. The average Bonchev–Trinajstić information content (AvgIpc) is 3.00. The van der Waals surface area contributed by atoms with Gasteiger partial charge in [0.15, 0.2) is 5.78 Å². The number of hydrogen-bond acceptors (Lipinski definition) is 4. The molecule has 0 radical (unpaired) electrons. The summed E-state index contributed by atoms with van der Waals surface area (Å²) in [5.41, 5.74) is 2.99. The van der Waals surface area contributed by atoms with Crippen LogP contribution in [-0.4, -0.2) is 30.9 Å². The van der Waals surface area contributed by atoms with Crippen LogP contribution >= 0.6 is 0 Å². The average molecular weight is 356 g/mol. The molecule has 0 spiro atoms. The fourth-order valence-corrected chi connectivity index (χ4v) is 4.48. The first-order valence-electron chi connectivity index (χ1n) is 9.37. The molecule has 0 amide bonds. The first-order valence-corrected chi connectivity index (χ1v) is 9.37. The Hall–Kier alpha value is -1.94. The number of methoxy groups -OCH3 is 1. The molecule has 1 aliphatic carbocycles. The van der Waals surface area contributed by atoms with Gasteiger partial charge in [-0.1, -0.05) is 19.1 Å². The predicted molar refractivity (Wildman–Crippen MR) is 100 cm³/mol. The van der Waals surface area contributed by atoms with E-state index in [1.165, 1.54) is 5.56 Å². The van der Waals surface area contributed by atoms with Crippen LogP contribution in [0.2, 0.25) is 0 Å². The second-order valence-corrected chi connectivity index (χ2v) is 7.78. The topological polar surface area (TPSA) is 52.6 Å². The summed E-state index contributed by atoms with van der Waals surface area (Å²) in [6, 6.07) is 6.29. The highest BCUT2D eigenvalue weighted by Gasteiger charge is 2.49. The summed E-state index contributed by atoms with van der Waals surface area (Å²) < 4.78 is 11.7. The number of ketones is 2. The highest BCUT2D eigenvalue weighted by molar-refractivity contribution is 5.96. The first kappa shape index (κ1) is 18.8. The molecular formula is C22H28O4. The van der Waals surface area contributed by atoms with Crippen LogP contribution < -0.4 is 4.74 Å². The maximum absolute atomic E-state index is 12.4. The molecule has 26 heavy (non-hydrogen) atoms. The van der Waals surface area contributed by atoms with E-state index in [1.807, 2.05) is 6.92 Å². The number of fused-ring (bicyclic) bond motifs is 1. The second-order valence-electron chi connectivity index (χ2n) is 7.78. The summed E-state index contributed by atoms with van der Waals surface area (Å²) in [7, 11) is 1.69. The summed E-state index contributed by atoms with van der Waals surface area (Å²) in [4.78, 5) is 24.0. The Morgan fingerprint density at radius 3 is 2.88 bits per heavy atom. The van der Waals surface area contributed by atoms with Gasteiger partial charge < -0.3 is 14.3 Å². The molecule has 1 saturated heterocycles. The molecule has 140 valence electrons. The van der Waals surface area contributed by atoms with Crippen molar-refractivity contribution in [3.63, 3.8) is 0 Å². The molecule has 1 heterocycles. The van der Waals surface area contributed by atoms with Gasteiger partial charge in [0, 0.05) is 12.3 Å². The molecule has 1 aromatic carbocycles. The Labute approximate surface area is 155 Å². The van der Waals surface area contributed by atoms with E-state index >= 15 is 0 Å². The zero-order chi connectivity index (χ0) is 18.9. The lowest BCUT2D eigenvalue weighted by Gasteiger charge is -2.41. The molecule has 4 nitrogen and oxygen atoms in total. The molecular weight excluding hydrogens is 328 g/mol. The van der Waals surface area contributed by atoms with Gasteiger partial charge in [0.2, 0.25) is 0 Å². The van der Waals surface area contributed by atoms with Crippen molar-refractivity contribution in [3.8, 4) is 5.75 Å². The van der Waals surface area contributed by atoms with Crippen LogP contribution in [0.4, 0.5) is 0 Å². The molecule has 0 N–H and O–H groups in total. The van der Waals surface area contributed by atoms with Gasteiger partial charge in [-0.2, -0.15) is 0 Å². The van der Waals surface area contributed by atoms with Crippen LogP contribution in [-0.2, 0) is 20.7 Å². The van der Waals surface area contributed by atoms with Gasteiger partial charge in [-0.3, -0.25) is 4.79 Å². The maximum Gasteiger partial charge on any atom is 0.159 e. The van der Waals surface area contributed by atoms with Crippen LogP contribution in [0.5, 0.6) is 5.75 Å². The highest BCUT2D eigenvalue weighted by Crippen LogP contribution is 2.47. The van der Waals surface area contributed by atoms with Gasteiger partial charge in [-0.05, 0) is 67.9 Å². The van der Waals surface area contributed by atoms with Gasteiger partial charge in [-0.25, -0.2) is 0 Å². The maximum atomic E-state index is 12.4. The van der Waals surface area contributed by atoms with Crippen molar-refractivity contribution in [2.45, 2.75) is 52.1 Å². The van der Waals surface area contributed by atoms with Crippen molar-refractivity contribution >= 4 is 11.6 Å². The standard InChI is InChI=1S/C22H28O4/c1-14-5-6-17(11-21(14)25-4)9-15(2)22-13-18(10-16(3)23)20(24)12-19(22)7-8-26-22/h5-6,11-12,15,18H,7-10,13H2,1-4H3/t15?,18?,22-/m1/s1. The van der Waals surface area contributed by atoms with Gasteiger partial charge in [-0.15, -0.1) is 0 Å². The third-order valence-corrected chi connectivity index (χ3v) is 5.89. The molecule has 1 aromatic rings. The lowest BCUT2D eigenvalue weighted by atomic mass is 9.68. The van der Waals surface area contributed by atoms with Crippen molar-refractivity contribution in [1.82, 2.24) is 0 Å². The molecule has 2 unspecified atom stereocenters. The summed E-state index contributed by atoms with van der Waals surface area (Å²) in [5, 5.41) is 0. The minimum Gasteiger partial charge on any atom is -0.496 e. The number of rotatable bonds is 6. The third-order valence-electron chi connectivity index (χ3n) is 5.89. The normalized spacial score (nSPS) is 26.2. The fraction of sp³-hybridized carbons (Fsp3) is 0.545. The van der Waals surface area contributed by atoms with E-state index < -0.39 is 5.60 Å². The van der Waals surface area contributed by atoms with Crippen molar-refractivity contribution in [1.29, 1.82) is 0 Å². The van der Waals surface area contributed by atoms with Gasteiger partial charge in [0.1, 0.15) is 11.5 Å². The molecule has 0 bridgehead atoms. The Morgan fingerprint density at radius 1 is 1.42 bits per heavy atom. The minimum absolute atomic E-state index is 0.0595. The van der Waals surface area contributed by atoms with Crippen LogP contribution in [0.1, 0.15) is 44.2 Å². The molecule has 3 atom stereocenters. The Kier molecular flexibility index (Phi) is 5.33. The lowest BCUT2D eigenvalue weighted by molar-refractivity contribution is -0.128. The molecule has 1 fully saturated rings. The van der Waals surface area contributed by atoms with E-state index in [0.29, 0.717) is 19.4 Å². The number of ether oxygens (including phenoxy) is 2. The summed E-state index contributed by atoms with van der Waals surface area (Å²) >= 11 is 0. The quantitative estimate of drug-likeness (QED) is 0.777. The molecule has 0 saturated carbocycles. The Morgan fingerprint density at radius 2 is 2.19 bits per heavy atom. The predicted octanol–water partition coefficient (Wildman–Crippen LogP) is 3.84. The number of aryl methyl sites for hydroxylation is 1. The first-order chi connectivity index (χ1) is 12.4. The third kappa shape index (κ3) is 3.48. The number of hydrogen-bond donors (Lipinski definition) is 0. The lowest BCUT2D eigenvalue weighted by Crippen LogP contribution is -2.45. The minimum atomic E-state index is -0.424. The SMILES string of the molecule is COc1cc(CC(C)[C@]23CC(CC(C)=O)C(=O)C=C2CCO3)ccc1C. The van der Waals surface area contributed by atoms with Gasteiger partial charge >= 0.3 is 0 Å². The van der Waals surface area contributed by atoms with E-state index in [4.69, 9.17) is 9.47 Å². The highest BCUT2D eigenvalue weighted by atomic mass is 16.5. The molecule has 1 aliphatic heterocycles. The van der Waals surface area contributed by atoms with Crippen LogP contribution in [0.15, 0.2) is 29.8 Å². The van der Waals surface area contributed by atoms with Crippen LogP contribution in [0.3, 0.4) is 0 Å². The monoisotopic (exact) mass is 356 g/mol. The number of allylic oxidation sites excluding steroid dienone is 1. The van der Waals surface area contributed by atoms with Crippen molar-refractivity contribution < 1.29 is 19.1 Å². The second kappa shape index (κ2) is 7.36. The van der Waals surface area contributed by atoms with E-state index in [1.54, 1.807) is 20.1 Å². The summed E-state index contributed by atoms with van der Waals surface area (Å²) in [6.45, 7) is 6.42. The van der Waals surface area contributed by atoms with Crippen LogP contribution in [0, 0.1) is 18.8 Å². The Bertz CT molecular complexity index is 749. The van der Waals surface area contributed by atoms with Crippen molar-refractivity contribution in [2.75, 3.05) is 13.7 Å². The molecule has 3 rings (SSSR count). The molecule has 2 aliphatic rings. The van der Waals surface area contributed by atoms with E-state index in [2.05, 4.69) is 25.1 Å². The number of Topliss-reactive ketones (excluding diaryl/α,β-unsaturated/α-hetero) is 1. The summed E-state index contributed by atoms with van der Waals surface area (Å²) in [6.07, 6.45) is 4.32. The fourth-order valence-electron chi connectivity index (χ4n) is 4.48. The van der Waals surface area contributed by atoms with E-state index in [0.717, 1.165) is 29.7 Å². The smallest absolute Gasteiger partial charge is 0.159 e. The zero-order valence-electron chi connectivity index (χ0n) is 16.1. The van der Waals surface area contributed by atoms with Crippen LogP contribution in [0.25, 0.3) is 0 Å². The largest absolute Gasteiger partial charge is 0.496 e. The van der Waals surface area contributed by atoms with E-state index in [9.17, 15) is 9.59 Å². The zero-order valence-corrected chi connectivity index (χ0v) is 16.1. The number of carbonyl (C=O) groups excluding carboxylic acids is 2. The van der Waals surface area contributed by atoms with Gasteiger partial charge in [0.05, 0.1) is 19.3 Å². The van der Waals surface area contributed by atoms with E-state index in [-0.39, 0.29) is 23.4 Å². The van der Waals surface area contributed by atoms with Gasteiger partial charge in [0.25, 0.3) is 0 Å². The molecule has 4 heteroatoms. The Balaban J connectivity index is 1.86. The van der Waals surface area contributed by atoms with Crippen molar-refractivity contribution in [2.24, 2.45) is 11.8 Å². The van der Waals surface area contributed by atoms with Crippen molar-refractivity contribution in [3.05, 3.63) is 41.0 Å². The summed E-state index contributed by atoms with van der Waals surface area (Å²) in [5.74, 6) is 0.990.